The topological polar surface area (TPSA) is 95.1 Å². The molecule has 0 spiro atoms. The Balaban J connectivity index is 1.09. The van der Waals surface area contributed by atoms with Crippen molar-refractivity contribution in [2.45, 2.75) is 31.0 Å². The zero-order valence-electron chi connectivity index (χ0n) is 21.5. The SMILES string of the molecule is CC1CN(S(=O)(=O)c2ccc(C(=O)NCCN3CCN(c4nc5ccc(F)cc5s4)CC3)cc2)CC(C)O1. The van der Waals surface area contributed by atoms with Crippen LogP contribution in [0.15, 0.2) is 47.4 Å². The van der Waals surface area contributed by atoms with Crippen molar-refractivity contribution in [3.05, 3.63) is 53.8 Å². The van der Waals surface area contributed by atoms with Gasteiger partial charge in [-0.3, -0.25) is 9.69 Å². The highest BCUT2D eigenvalue weighted by Crippen LogP contribution is 2.30. The van der Waals surface area contributed by atoms with Gasteiger partial charge < -0.3 is 15.0 Å². The van der Waals surface area contributed by atoms with Crippen molar-refractivity contribution in [3.8, 4) is 0 Å². The molecule has 1 aromatic heterocycles. The van der Waals surface area contributed by atoms with E-state index < -0.39 is 10.0 Å². The lowest BCUT2D eigenvalue weighted by atomic mass is 10.2. The first kappa shape index (κ1) is 26.9. The first-order chi connectivity index (χ1) is 18.2. The number of carbonyl (C=O) groups is 1. The second-order valence-corrected chi connectivity index (χ2v) is 12.7. The summed E-state index contributed by atoms with van der Waals surface area (Å²) in [6, 6.07) is 10.8. The number of hydrogen-bond donors (Lipinski definition) is 1. The lowest BCUT2D eigenvalue weighted by Gasteiger charge is -2.34. The van der Waals surface area contributed by atoms with Crippen molar-refractivity contribution in [3.63, 3.8) is 0 Å². The number of piperazine rings is 1. The minimum absolute atomic E-state index is 0.167. The maximum absolute atomic E-state index is 13.5. The Morgan fingerprint density at radius 2 is 1.76 bits per heavy atom. The molecule has 2 saturated heterocycles. The minimum atomic E-state index is -3.65. The zero-order valence-corrected chi connectivity index (χ0v) is 23.1. The fourth-order valence-electron chi connectivity index (χ4n) is 4.87. The van der Waals surface area contributed by atoms with Crippen LogP contribution < -0.4 is 10.2 Å². The number of nitrogens with one attached hydrogen (secondary N) is 1. The first-order valence-corrected chi connectivity index (χ1v) is 15.0. The van der Waals surface area contributed by atoms with Crippen LogP contribution in [0.2, 0.25) is 0 Å². The van der Waals surface area contributed by atoms with Gasteiger partial charge in [0.05, 0.1) is 27.3 Å². The maximum atomic E-state index is 13.5. The number of fused-ring (bicyclic) bond motifs is 1. The highest BCUT2D eigenvalue weighted by atomic mass is 32.2. The second kappa shape index (κ2) is 11.2. The van der Waals surface area contributed by atoms with Gasteiger partial charge in [-0.05, 0) is 56.3 Å². The Hall–Kier alpha value is -2.64. The largest absolute Gasteiger partial charge is 0.373 e. The van der Waals surface area contributed by atoms with Gasteiger partial charge in [-0.1, -0.05) is 11.3 Å². The van der Waals surface area contributed by atoms with Crippen LogP contribution in [0.1, 0.15) is 24.2 Å². The molecule has 0 bridgehead atoms. The van der Waals surface area contributed by atoms with E-state index in [0.29, 0.717) is 31.7 Å². The highest BCUT2D eigenvalue weighted by Gasteiger charge is 2.32. The molecule has 0 saturated carbocycles. The van der Waals surface area contributed by atoms with E-state index in [4.69, 9.17) is 4.74 Å². The highest BCUT2D eigenvalue weighted by molar-refractivity contribution is 7.89. The summed E-state index contributed by atoms with van der Waals surface area (Å²) in [5, 5.41) is 3.83. The third-order valence-corrected chi connectivity index (χ3v) is 9.76. The van der Waals surface area contributed by atoms with Crippen molar-refractivity contribution in [2.75, 3.05) is 57.3 Å². The smallest absolute Gasteiger partial charge is 0.251 e. The summed E-state index contributed by atoms with van der Waals surface area (Å²) >= 11 is 1.50. The number of thiazole rings is 1. The van der Waals surface area contributed by atoms with Crippen LogP contribution in [-0.2, 0) is 14.8 Å². The number of sulfonamides is 1. The van der Waals surface area contributed by atoms with Gasteiger partial charge in [0.25, 0.3) is 5.91 Å². The number of nitrogens with zero attached hydrogens (tertiary/aromatic N) is 4. The van der Waals surface area contributed by atoms with Crippen LogP contribution in [-0.4, -0.2) is 93.1 Å². The fourth-order valence-corrected chi connectivity index (χ4v) is 7.50. The molecule has 12 heteroatoms. The molecule has 38 heavy (non-hydrogen) atoms. The van der Waals surface area contributed by atoms with Gasteiger partial charge in [-0.2, -0.15) is 4.31 Å². The number of rotatable bonds is 7. The van der Waals surface area contributed by atoms with E-state index in [-0.39, 0.29) is 28.8 Å². The molecule has 5 rings (SSSR count). The summed E-state index contributed by atoms with van der Waals surface area (Å²) < 4.78 is 47.5. The van der Waals surface area contributed by atoms with Gasteiger partial charge in [-0.25, -0.2) is 17.8 Å². The molecule has 204 valence electrons. The third-order valence-electron chi connectivity index (χ3n) is 6.84. The molecule has 2 atom stereocenters. The van der Waals surface area contributed by atoms with Crippen LogP contribution >= 0.6 is 11.3 Å². The Kier molecular flexibility index (Phi) is 7.96. The predicted molar refractivity (Wildman–Crippen MR) is 146 cm³/mol. The maximum Gasteiger partial charge on any atom is 0.251 e. The van der Waals surface area contributed by atoms with E-state index in [1.807, 2.05) is 13.8 Å². The van der Waals surface area contributed by atoms with Crippen molar-refractivity contribution in [1.82, 2.24) is 19.5 Å². The second-order valence-electron chi connectivity index (χ2n) is 9.80. The number of anilines is 1. The number of benzene rings is 2. The van der Waals surface area contributed by atoms with E-state index in [1.54, 1.807) is 18.2 Å². The van der Waals surface area contributed by atoms with Gasteiger partial charge in [0, 0.05) is 57.9 Å². The third kappa shape index (κ3) is 5.99. The fraction of sp³-hybridized carbons (Fsp3) is 0.462. The molecule has 1 amide bonds. The molecule has 0 radical (unpaired) electrons. The monoisotopic (exact) mass is 561 g/mol. The van der Waals surface area contributed by atoms with Crippen LogP contribution in [0.4, 0.5) is 9.52 Å². The summed E-state index contributed by atoms with van der Waals surface area (Å²) in [4.78, 5) is 21.9. The van der Waals surface area contributed by atoms with Gasteiger partial charge in [0.2, 0.25) is 10.0 Å². The van der Waals surface area contributed by atoms with E-state index in [1.165, 1.54) is 39.9 Å². The lowest BCUT2D eigenvalue weighted by Crippen LogP contribution is -2.48. The summed E-state index contributed by atoms with van der Waals surface area (Å²) in [5.74, 6) is -0.485. The molecular formula is C26H32FN5O4S2. The van der Waals surface area contributed by atoms with Crippen molar-refractivity contribution in [1.29, 1.82) is 0 Å². The minimum Gasteiger partial charge on any atom is -0.373 e. The molecule has 0 aliphatic carbocycles. The lowest BCUT2D eigenvalue weighted by molar-refractivity contribution is -0.0440. The van der Waals surface area contributed by atoms with E-state index in [2.05, 4.69) is 20.1 Å². The Labute approximate surface area is 226 Å². The number of halogens is 1. The van der Waals surface area contributed by atoms with Crippen LogP contribution in [0.3, 0.4) is 0 Å². The number of aromatic nitrogens is 1. The summed E-state index contributed by atoms with van der Waals surface area (Å²) in [6.07, 6.45) is -0.333. The van der Waals surface area contributed by atoms with Crippen molar-refractivity contribution in [2.24, 2.45) is 0 Å². The molecule has 3 aromatic rings. The van der Waals surface area contributed by atoms with Gasteiger partial charge >= 0.3 is 0 Å². The number of hydrogen-bond acceptors (Lipinski definition) is 8. The quantitative estimate of drug-likeness (QED) is 0.474. The Bertz CT molecular complexity index is 1380. The van der Waals surface area contributed by atoms with E-state index in [0.717, 1.165) is 41.5 Å². The summed E-state index contributed by atoms with van der Waals surface area (Å²) in [6.45, 7) is 8.84. The Morgan fingerprint density at radius 3 is 2.45 bits per heavy atom. The molecule has 2 aliphatic heterocycles. The normalized spacial score (nSPS) is 21.6. The average Bonchev–Trinajstić information content (AvgIpc) is 3.32. The van der Waals surface area contributed by atoms with Crippen molar-refractivity contribution < 1.29 is 22.3 Å². The molecule has 9 nitrogen and oxygen atoms in total. The first-order valence-electron chi connectivity index (χ1n) is 12.8. The molecule has 2 aromatic carbocycles. The summed E-state index contributed by atoms with van der Waals surface area (Å²) in [5.41, 5.74) is 1.23. The van der Waals surface area contributed by atoms with Crippen LogP contribution in [0.5, 0.6) is 0 Å². The van der Waals surface area contributed by atoms with E-state index in [9.17, 15) is 17.6 Å². The standard InChI is InChI=1S/C26H32FN5O4S2/c1-18-16-32(17-19(2)36-18)38(34,35)22-6-3-20(4-7-22)25(33)28-9-10-30-11-13-31(14-12-30)26-29-23-8-5-21(27)15-24(23)37-26/h3-8,15,18-19H,9-14,16-17H2,1-2H3,(H,28,33). The number of carbonyl (C=O) groups excluding carboxylic acids is 1. The zero-order chi connectivity index (χ0) is 26.9. The average molecular weight is 562 g/mol. The van der Waals surface area contributed by atoms with Crippen LogP contribution in [0.25, 0.3) is 10.2 Å². The molecule has 3 heterocycles. The molecule has 2 unspecified atom stereocenters. The van der Waals surface area contributed by atoms with Crippen molar-refractivity contribution >= 4 is 42.6 Å². The number of amides is 1. The molecule has 2 aliphatic rings. The number of morpholine rings is 1. The van der Waals surface area contributed by atoms with Gasteiger partial charge in [0.1, 0.15) is 5.82 Å². The molecular weight excluding hydrogens is 529 g/mol. The summed E-state index contributed by atoms with van der Waals surface area (Å²) in [7, 11) is -3.65. The Morgan fingerprint density at radius 1 is 1.08 bits per heavy atom. The number of ether oxygens (including phenoxy) is 1. The van der Waals surface area contributed by atoms with E-state index >= 15 is 0 Å². The molecule has 2 fully saturated rings. The van der Waals surface area contributed by atoms with Gasteiger partial charge in [-0.15, -0.1) is 0 Å². The molecule has 1 N–H and O–H groups in total. The van der Waals surface area contributed by atoms with Gasteiger partial charge in [0.15, 0.2) is 5.13 Å². The van der Waals surface area contributed by atoms with Crippen LogP contribution in [0, 0.1) is 5.82 Å². The predicted octanol–water partition coefficient (Wildman–Crippen LogP) is 2.79.